The van der Waals surface area contributed by atoms with Gasteiger partial charge in [0.25, 0.3) is 0 Å². The second-order valence-corrected chi connectivity index (χ2v) is 4.19. The van der Waals surface area contributed by atoms with Gasteiger partial charge in [0.05, 0.1) is 6.61 Å². The monoisotopic (exact) mass is 258 g/mol. The highest BCUT2D eigenvalue weighted by molar-refractivity contribution is 5.20. The highest BCUT2D eigenvalue weighted by Gasteiger charge is 2.05. The van der Waals surface area contributed by atoms with Crippen molar-refractivity contribution in [3.63, 3.8) is 0 Å². The number of hydrogen-bond donors (Lipinski definition) is 1. The minimum absolute atomic E-state index is 0.138. The minimum Gasteiger partial charge on any atom is -0.488 e. The van der Waals surface area contributed by atoms with E-state index >= 15 is 0 Å². The highest BCUT2D eigenvalue weighted by atomic mass is 16.6. The highest BCUT2D eigenvalue weighted by Crippen LogP contribution is 2.09. The number of aliphatic hydroxyl groups excluding tert-OH is 1. The van der Waals surface area contributed by atoms with Crippen molar-refractivity contribution in [2.75, 3.05) is 13.2 Å². The zero-order valence-electron chi connectivity index (χ0n) is 10.7. The fraction of sp³-hybridized carbons (Fsp3) is 0.250. The normalized spacial score (nSPS) is 12.1. The standard InChI is InChI=1S/C16H18O3/c17-16(13-19-15-9-5-2-6-10-15)18-12-11-14-7-3-1-4-8-14/h1-10,16-17H,11-13H2. The first-order valence-electron chi connectivity index (χ1n) is 6.36. The van der Waals surface area contributed by atoms with Crippen LogP contribution in [0.1, 0.15) is 5.56 Å². The fourth-order valence-corrected chi connectivity index (χ4v) is 1.69. The smallest absolute Gasteiger partial charge is 0.189 e. The van der Waals surface area contributed by atoms with Crippen LogP contribution in [0, 0.1) is 0 Å². The van der Waals surface area contributed by atoms with Gasteiger partial charge in [-0.1, -0.05) is 48.5 Å². The van der Waals surface area contributed by atoms with Gasteiger partial charge >= 0.3 is 0 Å². The topological polar surface area (TPSA) is 38.7 Å². The summed E-state index contributed by atoms with van der Waals surface area (Å²) in [5.41, 5.74) is 1.19. The first kappa shape index (κ1) is 13.6. The first-order valence-corrected chi connectivity index (χ1v) is 6.36. The van der Waals surface area contributed by atoms with Crippen molar-refractivity contribution < 1.29 is 14.6 Å². The predicted molar refractivity (Wildman–Crippen MR) is 74.0 cm³/mol. The Morgan fingerprint density at radius 3 is 2.21 bits per heavy atom. The van der Waals surface area contributed by atoms with E-state index in [0.717, 1.165) is 12.2 Å². The third-order valence-electron chi connectivity index (χ3n) is 2.68. The molecule has 19 heavy (non-hydrogen) atoms. The van der Waals surface area contributed by atoms with E-state index in [1.807, 2.05) is 60.7 Å². The van der Waals surface area contributed by atoms with E-state index < -0.39 is 6.29 Å². The number of rotatable bonds is 7. The molecule has 2 aromatic carbocycles. The first-order chi connectivity index (χ1) is 9.34. The summed E-state index contributed by atoms with van der Waals surface area (Å²) >= 11 is 0. The molecule has 0 aliphatic carbocycles. The lowest BCUT2D eigenvalue weighted by Crippen LogP contribution is -2.22. The molecule has 0 heterocycles. The van der Waals surface area contributed by atoms with Crippen molar-refractivity contribution in [1.29, 1.82) is 0 Å². The average Bonchev–Trinajstić information content (AvgIpc) is 2.47. The zero-order valence-corrected chi connectivity index (χ0v) is 10.7. The molecule has 3 nitrogen and oxygen atoms in total. The Hall–Kier alpha value is -1.84. The van der Waals surface area contributed by atoms with Gasteiger partial charge in [-0.05, 0) is 24.1 Å². The average molecular weight is 258 g/mol. The second kappa shape index (κ2) is 7.56. The molecule has 0 aromatic heterocycles. The molecule has 0 radical (unpaired) electrons. The molecule has 3 heteroatoms. The van der Waals surface area contributed by atoms with Gasteiger partial charge in [-0.2, -0.15) is 0 Å². The number of hydrogen-bond acceptors (Lipinski definition) is 3. The summed E-state index contributed by atoms with van der Waals surface area (Å²) in [4.78, 5) is 0. The van der Waals surface area contributed by atoms with Crippen LogP contribution in [0.4, 0.5) is 0 Å². The third kappa shape index (κ3) is 5.12. The largest absolute Gasteiger partial charge is 0.488 e. The predicted octanol–water partition coefficient (Wildman–Crippen LogP) is 2.64. The van der Waals surface area contributed by atoms with E-state index in [4.69, 9.17) is 9.47 Å². The summed E-state index contributed by atoms with van der Waals surface area (Å²) in [5.74, 6) is 0.730. The molecule has 0 fully saturated rings. The number of benzene rings is 2. The Labute approximate surface area is 113 Å². The molecule has 100 valence electrons. The van der Waals surface area contributed by atoms with Crippen molar-refractivity contribution in [3.8, 4) is 5.75 Å². The Bertz CT molecular complexity index is 456. The van der Waals surface area contributed by atoms with Crippen molar-refractivity contribution in [1.82, 2.24) is 0 Å². The lowest BCUT2D eigenvalue weighted by molar-refractivity contribution is -0.118. The van der Waals surface area contributed by atoms with Gasteiger partial charge in [0, 0.05) is 0 Å². The van der Waals surface area contributed by atoms with Crippen molar-refractivity contribution in [2.24, 2.45) is 0 Å². The summed E-state index contributed by atoms with van der Waals surface area (Å²) < 4.78 is 10.7. The lowest BCUT2D eigenvalue weighted by Gasteiger charge is -2.13. The van der Waals surface area contributed by atoms with E-state index in [1.54, 1.807) is 0 Å². The maximum absolute atomic E-state index is 9.64. The van der Waals surface area contributed by atoms with E-state index in [2.05, 4.69) is 0 Å². The Morgan fingerprint density at radius 1 is 0.895 bits per heavy atom. The minimum atomic E-state index is -0.899. The molecular formula is C16H18O3. The van der Waals surface area contributed by atoms with E-state index in [9.17, 15) is 5.11 Å². The van der Waals surface area contributed by atoms with Crippen LogP contribution in [0.2, 0.25) is 0 Å². The van der Waals surface area contributed by atoms with Gasteiger partial charge in [-0.15, -0.1) is 0 Å². The molecule has 1 atom stereocenters. The molecular weight excluding hydrogens is 240 g/mol. The summed E-state index contributed by atoms with van der Waals surface area (Å²) in [6.07, 6.45) is -0.118. The van der Waals surface area contributed by atoms with Gasteiger partial charge in [0.1, 0.15) is 12.4 Å². The van der Waals surface area contributed by atoms with Gasteiger partial charge in [0.2, 0.25) is 0 Å². The van der Waals surface area contributed by atoms with Crippen LogP contribution in [0.5, 0.6) is 5.75 Å². The molecule has 0 aliphatic rings. The van der Waals surface area contributed by atoms with E-state index in [1.165, 1.54) is 5.56 Å². The summed E-state index contributed by atoms with van der Waals surface area (Å²) in [6.45, 7) is 0.613. The molecule has 2 aromatic rings. The van der Waals surface area contributed by atoms with Crippen LogP contribution in [0.15, 0.2) is 60.7 Å². The summed E-state index contributed by atoms with van der Waals surface area (Å²) in [6, 6.07) is 19.4. The molecule has 0 saturated carbocycles. The summed E-state index contributed by atoms with van der Waals surface area (Å²) in [7, 11) is 0. The van der Waals surface area contributed by atoms with Gasteiger partial charge < -0.3 is 14.6 Å². The van der Waals surface area contributed by atoms with Crippen LogP contribution in [-0.2, 0) is 11.2 Å². The molecule has 0 saturated heterocycles. The van der Waals surface area contributed by atoms with Crippen LogP contribution >= 0.6 is 0 Å². The number of para-hydroxylation sites is 1. The van der Waals surface area contributed by atoms with Crippen LogP contribution < -0.4 is 4.74 Å². The second-order valence-electron chi connectivity index (χ2n) is 4.19. The Morgan fingerprint density at radius 2 is 1.53 bits per heavy atom. The van der Waals surface area contributed by atoms with Gasteiger partial charge in [-0.3, -0.25) is 0 Å². The van der Waals surface area contributed by atoms with Crippen LogP contribution in [0.3, 0.4) is 0 Å². The SMILES string of the molecule is OC(COc1ccccc1)OCCc1ccccc1. The molecule has 2 rings (SSSR count). The fourth-order valence-electron chi connectivity index (χ4n) is 1.69. The number of aliphatic hydroxyl groups is 1. The van der Waals surface area contributed by atoms with Crippen molar-refractivity contribution >= 4 is 0 Å². The maximum Gasteiger partial charge on any atom is 0.189 e. The van der Waals surface area contributed by atoms with Gasteiger partial charge in [0.15, 0.2) is 6.29 Å². The molecule has 1 unspecified atom stereocenters. The molecule has 0 bridgehead atoms. The zero-order chi connectivity index (χ0) is 13.3. The Balaban J connectivity index is 1.64. The molecule has 0 spiro atoms. The quantitative estimate of drug-likeness (QED) is 0.776. The Kier molecular flexibility index (Phi) is 5.41. The van der Waals surface area contributed by atoms with Crippen LogP contribution in [-0.4, -0.2) is 24.6 Å². The van der Waals surface area contributed by atoms with Crippen LogP contribution in [0.25, 0.3) is 0 Å². The number of ether oxygens (including phenoxy) is 2. The molecule has 0 amide bonds. The van der Waals surface area contributed by atoms with Crippen molar-refractivity contribution in [2.45, 2.75) is 12.7 Å². The third-order valence-corrected chi connectivity index (χ3v) is 2.68. The van der Waals surface area contributed by atoms with E-state index in [-0.39, 0.29) is 6.61 Å². The van der Waals surface area contributed by atoms with Gasteiger partial charge in [-0.25, -0.2) is 0 Å². The van der Waals surface area contributed by atoms with Crippen molar-refractivity contribution in [3.05, 3.63) is 66.2 Å². The summed E-state index contributed by atoms with van der Waals surface area (Å²) in [5, 5.41) is 9.64. The molecule has 0 aliphatic heterocycles. The maximum atomic E-state index is 9.64. The lowest BCUT2D eigenvalue weighted by atomic mass is 10.2. The molecule has 1 N–H and O–H groups in total. The van der Waals surface area contributed by atoms with E-state index in [0.29, 0.717) is 6.61 Å².